The Labute approximate surface area is 222 Å². The van der Waals surface area contributed by atoms with Crippen LogP contribution in [-0.2, 0) is 16.0 Å². The number of carbonyl (C=O) groups excluding carboxylic acids is 2. The number of aliphatic carboxylic acids is 1. The van der Waals surface area contributed by atoms with Crippen molar-refractivity contribution < 1.29 is 28.6 Å². The SMILES string of the molecule is COc1ccc(CCC(=O)N[C@@H](CC(C)C)c2nc(C(=O)N[C@@H](CCCN=C(N)N)C(=O)O)c(C)o2)cc1. The normalized spacial score (nSPS) is 12.4. The Balaban J connectivity index is 2.06. The highest BCUT2D eigenvalue weighted by Crippen LogP contribution is 2.24. The molecule has 2 amide bonds. The van der Waals surface area contributed by atoms with Gasteiger partial charge in [-0.2, -0.15) is 0 Å². The van der Waals surface area contributed by atoms with Crippen molar-refractivity contribution in [2.75, 3.05) is 13.7 Å². The maximum Gasteiger partial charge on any atom is 0.326 e. The van der Waals surface area contributed by atoms with Crippen molar-refractivity contribution in [2.45, 2.75) is 65.0 Å². The third kappa shape index (κ3) is 9.75. The van der Waals surface area contributed by atoms with Crippen LogP contribution < -0.4 is 26.8 Å². The molecule has 38 heavy (non-hydrogen) atoms. The lowest BCUT2D eigenvalue weighted by Gasteiger charge is -2.18. The number of aliphatic imine (C=N–C) groups is 1. The number of hydrogen-bond donors (Lipinski definition) is 5. The maximum atomic E-state index is 12.8. The van der Waals surface area contributed by atoms with Crippen LogP contribution in [0.4, 0.5) is 0 Å². The van der Waals surface area contributed by atoms with Crippen LogP contribution in [0.25, 0.3) is 0 Å². The summed E-state index contributed by atoms with van der Waals surface area (Å²) in [5, 5.41) is 14.9. The number of amides is 2. The number of ether oxygens (including phenoxy) is 1. The summed E-state index contributed by atoms with van der Waals surface area (Å²) in [4.78, 5) is 45.4. The number of carbonyl (C=O) groups is 3. The first kappa shape index (κ1) is 30.1. The molecular weight excluding hydrogens is 492 g/mol. The maximum absolute atomic E-state index is 12.8. The Morgan fingerprint density at radius 3 is 2.42 bits per heavy atom. The fourth-order valence-electron chi connectivity index (χ4n) is 3.77. The summed E-state index contributed by atoms with van der Waals surface area (Å²) in [6.45, 7) is 5.81. The van der Waals surface area contributed by atoms with Crippen LogP contribution >= 0.6 is 0 Å². The molecule has 0 aliphatic heterocycles. The summed E-state index contributed by atoms with van der Waals surface area (Å²) in [7, 11) is 1.60. The molecule has 7 N–H and O–H groups in total. The Morgan fingerprint density at radius 2 is 1.84 bits per heavy atom. The second kappa shape index (κ2) is 14.6. The molecule has 0 saturated heterocycles. The van der Waals surface area contributed by atoms with Crippen molar-refractivity contribution in [2.24, 2.45) is 22.4 Å². The highest BCUT2D eigenvalue weighted by molar-refractivity contribution is 5.95. The van der Waals surface area contributed by atoms with E-state index in [9.17, 15) is 19.5 Å². The van der Waals surface area contributed by atoms with Gasteiger partial charge in [-0.1, -0.05) is 26.0 Å². The lowest BCUT2D eigenvalue weighted by atomic mass is 10.0. The highest BCUT2D eigenvalue weighted by Gasteiger charge is 2.27. The van der Waals surface area contributed by atoms with Gasteiger partial charge in [-0.15, -0.1) is 0 Å². The molecule has 1 heterocycles. The van der Waals surface area contributed by atoms with Gasteiger partial charge in [0.2, 0.25) is 11.8 Å². The number of carboxylic acids is 1. The standard InChI is InChI=1S/C26H38N6O6/c1-15(2)14-20(30-21(33)12-9-17-7-10-18(37-4)11-8-17)24-32-22(16(3)38-24)23(34)31-19(25(35)36)6-5-13-29-26(27)28/h7-8,10-11,15,19-20H,5-6,9,12-14H2,1-4H3,(H,30,33)(H,31,34)(H,35,36)(H4,27,28,29)/t19-,20-/m0/s1. The third-order valence-corrected chi connectivity index (χ3v) is 5.72. The minimum absolute atomic E-state index is 0.0308. The van der Waals surface area contributed by atoms with E-state index < -0.39 is 24.0 Å². The third-order valence-electron chi connectivity index (χ3n) is 5.72. The van der Waals surface area contributed by atoms with Crippen LogP contribution in [0.15, 0.2) is 33.7 Å². The van der Waals surface area contributed by atoms with E-state index in [4.69, 9.17) is 20.6 Å². The molecule has 0 aliphatic carbocycles. The largest absolute Gasteiger partial charge is 0.497 e. The Kier molecular flexibility index (Phi) is 11.6. The van der Waals surface area contributed by atoms with Gasteiger partial charge in [0.25, 0.3) is 5.91 Å². The van der Waals surface area contributed by atoms with Gasteiger partial charge in [-0.3, -0.25) is 14.6 Å². The zero-order chi connectivity index (χ0) is 28.2. The van der Waals surface area contributed by atoms with Gasteiger partial charge >= 0.3 is 5.97 Å². The number of aromatic nitrogens is 1. The summed E-state index contributed by atoms with van der Waals surface area (Å²) < 4.78 is 10.9. The second-order valence-electron chi connectivity index (χ2n) is 9.37. The van der Waals surface area contributed by atoms with Crippen LogP contribution in [0, 0.1) is 12.8 Å². The van der Waals surface area contributed by atoms with E-state index in [1.54, 1.807) is 14.0 Å². The molecule has 1 aromatic heterocycles. The zero-order valence-corrected chi connectivity index (χ0v) is 22.3. The van der Waals surface area contributed by atoms with E-state index in [1.165, 1.54) is 0 Å². The van der Waals surface area contributed by atoms with Crippen molar-refractivity contribution in [1.29, 1.82) is 0 Å². The number of methoxy groups -OCH3 is 1. The number of carboxylic acid groups (broad SMARTS) is 1. The predicted molar refractivity (Wildman–Crippen MR) is 142 cm³/mol. The molecule has 2 atom stereocenters. The number of nitrogens with two attached hydrogens (primary N) is 2. The Bertz CT molecular complexity index is 1110. The quantitative estimate of drug-likeness (QED) is 0.130. The molecule has 0 bridgehead atoms. The first-order valence-electron chi connectivity index (χ1n) is 12.5. The average molecular weight is 531 g/mol. The van der Waals surface area contributed by atoms with E-state index >= 15 is 0 Å². The van der Waals surface area contributed by atoms with E-state index in [-0.39, 0.29) is 54.5 Å². The highest BCUT2D eigenvalue weighted by atomic mass is 16.5. The van der Waals surface area contributed by atoms with E-state index in [1.807, 2.05) is 38.1 Å². The van der Waals surface area contributed by atoms with Gasteiger partial charge in [-0.25, -0.2) is 9.78 Å². The lowest BCUT2D eigenvalue weighted by molar-refractivity contribution is -0.139. The monoisotopic (exact) mass is 530 g/mol. The molecule has 208 valence electrons. The van der Waals surface area contributed by atoms with Crippen LogP contribution in [0.2, 0.25) is 0 Å². The molecular formula is C26H38N6O6. The van der Waals surface area contributed by atoms with Crippen molar-refractivity contribution in [3.8, 4) is 5.75 Å². The van der Waals surface area contributed by atoms with Crippen LogP contribution in [0.5, 0.6) is 5.75 Å². The molecule has 1 aromatic carbocycles. The topological polar surface area (TPSA) is 195 Å². The smallest absolute Gasteiger partial charge is 0.326 e. The summed E-state index contributed by atoms with van der Waals surface area (Å²) in [6.07, 6.45) is 1.83. The first-order chi connectivity index (χ1) is 18.0. The summed E-state index contributed by atoms with van der Waals surface area (Å²) in [5.74, 6) is -0.771. The van der Waals surface area contributed by atoms with Gasteiger partial charge < -0.3 is 36.4 Å². The molecule has 12 nitrogen and oxygen atoms in total. The fraction of sp³-hybridized carbons (Fsp3) is 0.500. The van der Waals surface area contributed by atoms with Crippen LogP contribution in [0.1, 0.15) is 73.3 Å². The molecule has 2 aromatic rings. The molecule has 0 saturated carbocycles. The minimum Gasteiger partial charge on any atom is -0.497 e. The van der Waals surface area contributed by atoms with Crippen molar-refractivity contribution >= 4 is 23.7 Å². The lowest BCUT2D eigenvalue weighted by Crippen LogP contribution is -2.41. The number of nitrogens with zero attached hydrogens (tertiary/aromatic N) is 2. The fourth-order valence-corrected chi connectivity index (χ4v) is 3.77. The van der Waals surface area contributed by atoms with E-state index in [0.717, 1.165) is 11.3 Å². The second-order valence-corrected chi connectivity index (χ2v) is 9.37. The Morgan fingerprint density at radius 1 is 1.16 bits per heavy atom. The van der Waals surface area contributed by atoms with Gasteiger partial charge in [-0.05, 0) is 56.2 Å². The van der Waals surface area contributed by atoms with Gasteiger partial charge in [0.1, 0.15) is 23.6 Å². The molecule has 2 rings (SSSR count). The number of nitrogens with one attached hydrogen (secondary N) is 2. The van der Waals surface area contributed by atoms with Crippen molar-refractivity contribution in [3.05, 3.63) is 47.2 Å². The van der Waals surface area contributed by atoms with Crippen molar-refractivity contribution in [1.82, 2.24) is 15.6 Å². The molecule has 0 radical (unpaired) electrons. The number of rotatable bonds is 15. The van der Waals surface area contributed by atoms with Gasteiger partial charge in [0.05, 0.1) is 7.11 Å². The number of guanidine groups is 1. The molecule has 12 heteroatoms. The van der Waals surface area contributed by atoms with Crippen LogP contribution in [0.3, 0.4) is 0 Å². The number of benzene rings is 1. The van der Waals surface area contributed by atoms with E-state index in [0.29, 0.717) is 19.3 Å². The number of oxazole rings is 1. The molecule has 0 spiro atoms. The molecule has 0 aliphatic rings. The molecule has 0 fully saturated rings. The van der Waals surface area contributed by atoms with E-state index in [2.05, 4.69) is 20.6 Å². The summed E-state index contributed by atoms with van der Waals surface area (Å²) >= 11 is 0. The molecule has 0 unspecified atom stereocenters. The summed E-state index contributed by atoms with van der Waals surface area (Å²) in [5.41, 5.74) is 11.5. The van der Waals surface area contributed by atoms with Gasteiger partial charge in [0.15, 0.2) is 11.7 Å². The number of hydrogen-bond acceptors (Lipinski definition) is 7. The average Bonchev–Trinajstić information content (AvgIpc) is 3.25. The van der Waals surface area contributed by atoms with Crippen molar-refractivity contribution in [3.63, 3.8) is 0 Å². The first-order valence-corrected chi connectivity index (χ1v) is 12.5. The van der Waals surface area contributed by atoms with Crippen LogP contribution in [-0.4, -0.2) is 53.5 Å². The van der Waals surface area contributed by atoms with Gasteiger partial charge in [0, 0.05) is 13.0 Å². The summed E-state index contributed by atoms with van der Waals surface area (Å²) in [6, 6.07) is 5.80. The number of aryl methyl sites for hydroxylation is 2. The minimum atomic E-state index is -1.19. The zero-order valence-electron chi connectivity index (χ0n) is 22.3. The predicted octanol–water partition coefficient (Wildman–Crippen LogP) is 2.06. The Hall–Kier alpha value is -4.09.